The van der Waals surface area contributed by atoms with Crippen molar-refractivity contribution < 1.29 is 23.0 Å². The molecule has 2 nitrogen and oxygen atoms in total. The Kier molecular flexibility index (Phi) is 3.16. The highest BCUT2D eigenvalue weighted by Crippen LogP contribution is 2.31. The fourth-order valence-corrected chi connectivity index (χ4v) is 1.81. The van der Waals surface area contributed by atoms with Crippen molar-refractivity contribution in [2.75, 3.05) is 6.61 Å². The lowest BCUT2D eigenvalue weighted by atomic mass is 9.99. The van der Waals surface area contributed by atoms with Crippen LogP contribution in [0.5, 0.6) is 0 Å². The molecule has 0 radical (unpaired) electrons. The third-order valence-electron chi connectivity index (χ3n) is 2.62. The first-order valence-electron chi connectivity index (χ1n) is 5.02. The first-order valence-corrected chi connectivity index (χ1v) is 5.02. The van der Waals surface area contributed by atoms with Gasteiger partial charge in [-0.1, -0.05) is 0 Å². The van der Waals surface area contributed by atoms with Crippen LogP contribution in [0.2, 0.25) is 0 Å². The van der Waals surface area contributed by atoms with E-state index in [1.54, 1.807) is 0 Å². The van der Waals surface area contributed by atoms with Crippen LogP contribution in [0.25, 0.3) is 0 Å². The van der Waals surface area contributed by atoms with E-state index in [2.05, 4.69) is 0 Å². The summed E-state index contributed by atoms with van der Waals surface area (Å²) in [4.78, 5) is 0. The minimum atomic E-state index is -1.24. The molecule has 1 N–H and O–H groups in total. The summed E-state index contributed by atoms with van der Waals surface area (Å²) in [5.41, 5.74) is -0.170. The van der Waals surface area contributed by atoms with Crippen molar-refractivity contribution in [1.82, 2.24) is 0 Å². The van der Waals surface area contributed by atoms with Crippen molar-refractivity contribution in [3.63, 3.8) is 0 Å². The smallest absolute Gasteiger partial charge is 0.164 e. The van der Waals surface area contributed by atoms with Gasteiger partial charge in [-0.2, -0.15) is 0 Å². The molecule has 0 bridgehead atoms. The van der Waals surface area contributed by atoms with E-state index in [1.165, 1.54) is 0 Å². The predicted molar refractivity (Wildman–Crippen MR) is 50.2 cm³/mol. The number of hydrogen-bond acceptors (Lipinski definition) is 2. The third kappa shape index (κ3) is 2.20. The van der Waals surface area contributed by atoms with Crippen molar-refractivity contribution in [2.24, 2.45) is 0 Å². The zero-order valence-electron chi connectivity index (χ0n) is 8.42. The van der Waals surface area contributed by atoms with Gasteiger partial charge in [0.05, 0.1) is 12.2 Å². The monoisotopic (exact) mass is 232 g/mol. The summed E-state index contributed by atoms with van der Waals surface area (Å²) < 4.78 is 44.5. The molecule has 1 fully saturated rings. The normalized spacial score (nSPS) is 25.8. The highest BCUT2D eigenvalue weighted by Gasteiger charge is 2.26. The first-order chi connectivity index (χ1) is 7.58. The van der Waals surface area contributed by atoms with E-state index in [1.807, 2.05) is 0 Å². The Labute approximate surface area is 90.7 Å². The largest absolute Gasteiger partial charge is 0.393 e. The van der Waals surface area contributed by atoms with Crippen LogP contribution in [0.15, 0.2) is 12.1 Å². The average Bonchev–Trinajstić information content (AvgIpc) is 2.23. The van der Waals surface area contributed by atoms with Gasteiger partial charge in [-0.15, -0.1) is 0 Å². The van der Waals surface area contributed by atoms with Crippen molar-refractivity contribution in [3.05, 3.63) is 35.1 Å². The molecule has 0 aromatic heterocycles. The van der Waals surface area contributed by atoms with Crippen LogP contribution in [-0.2, 0) is 4.74 Å². The van der Waals surface area contributed by atoms with Gasteiger partial charge in [0.2, 0.25) is 0 Å². The van der Waals surface area contributed by atoms with Crippen LogP contribution < -0.4 is 0 Å². The van der Waals surface area contributed by atoms with E-state index in [0.717, 1.165) is 6.07 Å². The molecular formula is C11H11F3O2. The third-order valence-corrected chi connectivity index (χ3v) is 2.62. The highest BCUT2D eigenvalue weighted by molar-refractivity contribution is 5.23. The van der Waals surface area contributed by atoms with Crippen LogP contribution in [0.3, 0.4) is 0 Å². The number of aliphatic hydroxyl groups excluding tert-OH is 1. The van der Waals surface area contributed by atoms with Gasteiger partial charge in [0.1, 0.15) is 5.82 Å². The second kappa shape index (κ2) is 4.43. The number of hydrogen-bond donors (Lipinski definition) is 1. The average molecular weight is 232 g/mol. The zero-order valence-corrected chi connectivity index (χ0v) is 8.42. The number of benzene rings is 1. The van der Waals surface area contributed by atoms with Crippen LogP contribution in [0, 0.1) is 17.5 Å². The molecule has 1 aliphatic rings. The van der Waals surface area contributed by atoms with Crippen molar-refractivity contribution in [2.45, 2.75) is 25.0 Å². The van der Waals surface area contributed by atoms with Gasteiger partial charge in [0.25, 0.3) is 0 Å². The Morgan fingerprint density at radius 3 is 2.69 bits per heavy atom. The summed E-state index contributed by atoms with van der Waals surface area (Å²) in [6.45, 7) is 0.253. The maximum absolute atomic E-state index is 13.4. The predicted octanol–water partition coefficient (Wildman–Crippen LogP) is 2.32. The van der Waals surface area contributed by atoms with Gasteiger partial charge in [-0.05, 0) is 12.5 Å². The standard InChI is InChI=1S/C11H11F3O2/c12-6-3-8(11(14)9(13)4-6)10-5-7(15)1-2-16-10/h3-4,7,10,15H,1-2,5H2. The van der Waals surface area contributed by atoms with Gasteiger partial charge in [0, 0.05) is 24.7 Å². The molecule has 1 aromatic carbocycles. The summed E-state index contributed by atoms with van der Waals surface area (Å²) in [5, 5.41) is 9.38. The molecule has 1 heterocycles. The van der Waals surface area contributed by atoms with Crippen molar-refractivity contribution in [1.29, 1.82) is 0 Å². The lowest BCUT2D eigenvalue weighted by molar-refractivity contribution is -0.0465. The number of ether oxygens (including phenoxy) is 1. The molecule has 5 heteroatoms. The van der Waals surface area contributed by atoms with Crippen LogP contribution in [0.4, 0.5) is 13.2 Å². The summed E-state index contributed by atoms with van der Waals surface area (Å²) in [6.07, 6.45) is -0.797. The molecule has 88 valence electrons. The molecule has 0 spiro atoms. The van der Waals surface area contributed by atoms with E-state index < -0.39 is 29.7 Å². The molecule has 0 saturated carbocycles. The van der Waals surface area contributed by atoms with Gasteiger partial charge in [0.15, 0.2) is 11.6 Å². The fourth-order valence-electron chi connectivity index (χ4n) is 1.81. The first kappa shape index (κ1) is 11.4. The molecule has 0 amide bonds. The minimum absolute atomic E-state index is 0.153. The molecule has 16 heavy (non-hydrogen) atoms. The van der Waals surface area contributed by atoms with Gasteiger partial charge < -0.3 is 9.84 Å². The Morgan fingerprint density at radius 2 is 2.00 bits per heavy atom. The Bertz CT molecular complexity index is 395. The SMILES string of the molecule is OC1CCOC(c2cc(F)cc(F)c2F)C1. The number of halogens is 3. The Balaban J connectivity index is 2.32. The highest BCUT2D eigenvalue weighted by atomic mass is 19.2. The quantitative estimate of drug-likeness (QED) is 0.753. The molecule has 2 unspecified atom stereocenters. The molecule has 1 saturated heterocycles. The molecule has 1 aromatic rings. The summed E-state index contributed by atoms with van der Waals surface area (Å²) in [5.74, 6) is -3.20. The molecule has 1 aliphatic heterocycles. The van der Waals surface area contributed by atoms with Crippen molar-refractivity contribution >= 4 is 0 Å². The maximum atomic E-state index is 13.4. The zero-order chi connectivity index (χ0) is 11.7. The summed E-state index contributed by atoms with van der Waals surface area (Å²) >= 11 is 0. The Morgan fingerprint density at radius 1 is 1.25 bits per heavy atom. The van der Waals surface area contributed by atoms with Crippen LogP contribution in [-0.4, -0.2) is 17.8 Å². The van der Waals surface area contributed by atoms with Gasteiger partial charge >= 0.3 is 0 Å². The lowest BCUT2D eigenvalue weighted by Crippen LogP contribution is -2.24. The fraction of sp³-hybridized carbons (Fsp3) is 0.455. The van der Waals surface area contributed by atoms with E-state index in [-0.39, 0.29) is 18.6 Å². The number of rotatable bonds is 1. The van der Waals surface area contributed by atoms with Crippen LogP contribution in [0.1, 0.15) is 24.5 Å². The molecule has 0 aliphatic carbocycles. The van der Waals surface area contributed by atoms with E-state index >= 15 is 0 Å². The topological polar surface area (TPSA) is 29.5 Å². The number of aliphatic hydroxyl groups is 1. The maximum Gasteiger partial charge on any atom is 0.164 e. The molecule has 2 atom stereocenters. The summed E-state index contributed by atoms with van der Waals surface area (Å²) in [6, 6.07) is 1.39. The van der Waals surface area contributed by atoms with E-state index in [4.69, 9.17) is 4.74 Å². The Hall–Kier alpha value is -1.07. The molecular weight excluding hydrogens is 221 g/mol. The molecule has 2 rings (SSSR count). The minimum Gasteiger partial charge on any atom is -0.393 e. The second-order valence-corrected chi connectivity index (χ2v) is 3.83. The lowest BCUT2D eigenvalue weighted by Gasteiger charge is -2.27. The second-order valence-electron chi connectivity index (χ2n) is 3.83. The van der Waals surface area contributed by atoms with E-state index in [0.29, 0.717) is 12.5 Å². The van der Waals surface area contributed by atoms with Crippen molar-refractivity contribution in [3.8, 4) is 0 Å². The van der Waals surface area contributed by atoms with Crippen LogP contribution >= 0.6 is 0 Å². The van der Waals surface area contributed by atoms with Gasteiger partial charge in [-0.3, -0.25) is 0 Å². The summed E-state index contributed by atoms with van der Waals surface area (Å²) in [7, 11) is 0. The van der Waals surface area contributed by atoms with Gasteiger partial charge in [-0.25, -0.2) is 13.2 Å². The van der Waals surface area contributed by atoms with E-state index in [9.17, 15) is 18.3 Å².